The number of carboxylic acid groups (broad SMARTS) is 1. The summed E-state index contributed by atoms with van der Waals surface area (Å²) >= 11 is 0. The van der Waals surface area contributed by atoms with Crippen molar-refractivity contribution >= 4 is 5.97 Å². The number of aliphatic carboxylic acids is 1. The van der Waals surface area contributed by atoms with Gasteiger partial charge in [-0.1, -0.05) is 19.3 Å². The maximum Gasteiger partial charge on any atom is 0.303 e. The molecular weight excluding hydrogens is 140 g/mol. The average molecular weight is 154 g/mol. The Morgan fingerprint density at radius 2 is 2.18 bits per heavy atom. The molecule has 1 N–H and O–H groups in total. The fraction of sp³-hybridized carbons (Fsp3) is 0.889. The Balaban J connectivity index is 1.72. The smallest absolute Gasteiger partial charge is 0.303 e. The summed E-state index contributed by atoms with van der Waals surface area (Å²) in [5, 5.41) is 8.51. The molecule has 0 aromatic carbocycles. The van der Waals surface area contributed by atoms with Crippen molar-refractivity contribution in [1.29, 1.82) is 0 Å². The van der Waals surface area contributed by atoms with E-state index in [9.17, 15) is 4.79 Å². The van der Waals surface area contributed by atoms with E-state index in [1.165, 1.54) is 25.7 Å². The molecule has 0 aliphatic heterocycles. The summed E-state index contributed by atoms with van der Waals surface area (Å²) in [6.45, 7) is 0. The number of hydrogen-bond acceptors (Lipinski definition) is 1. The van der Waals surface area contributed by atoms with Gasteiger partial charge in [-0.15, -0.1) is 0 Å². The topological polar surface area (TPSA) is 37.3 Å². The second-order valence-corrected chi connectivity index (χ2v) is 3.95. The molecule has 62 valence electrons. The molecule has 2 aliphatic carbocycles. The highest BCUT2D eigenvalue weighted by atomic mass is 16.4. The van der Waals surface area contributed by atoms with Crippen LogP contribution >= 0.6 is 0 Å². The second-order valence-electron chi connectivity index (χ2n) is 3.95. The van der Waals surface area contributed by atoms with Crippen LogP contribution in [0.1, 0.15) is 32.1 Å². The minimum Gasteiger partial charge on any atom is -0.481 e. The molecular formula is C9H14O2. The van der Waals surface area contributed by atoms with E-state index in [1.807, 2.05) is 0 Å². The van der Waals surface area contributed by atoms with Gasteiger partial charge in [0.05, 0.1) is 0 Å². The molecule has 2 heteroatoms. The number of hydrogen-bond donors (Lipinski definition) is 1. The SMILES string of the molecule is O=C(O)CC1CC1C1CCC1. The lowest BCUT2D eigenvalue weighted by atomic mass is 9.81. The normalized spacial score (nSPS) is 36.4. The van der Waals surface area contributed by atoms with E-state index in [0.717, 1.165) is 11.8 Å². The highest BCUT2D eigenvalue weighted by molar-refractivity contribution is 5.67. The van der Waals surface area contributed by atoms with E-state index in [4.69, 9.17) is 5.11 Å². The van der Waals surface area contributed by atoms with Crippen LogP contribution in [-0.4, -0.2) is 11.1 Å². The first-order valence-corrected chi connectivity index (χ1v) is 4.49. The molecule has 2 rings (SSSR count). The summed E-state index contributed by atoms with van der Waals surface area (Å²) in [6, 6.07) is 0. The summed E-state index contributed by atoms with van der Waals surface area (Å²) in [4.78, 5) is 10.3. The standard InChI is InChI=1S/C9H14O2/c10-9(11)5-7-4-8(7)6-2-1-3-6/h6-8H,1-5H2,(H,10,11). The van der Waals surface area contributed by atoms with Crippen LogP contribution in [0.15, 0.2) is 0 Å². The number of carbonyl (C=O) groups is 1. The molecule has 0 bridgehead atoms. The summed E-state index contributed by atoms with van der Waals surface area (Å²) in [6.07, 6.45) is 5.71. The fourth-order valence-electron chi connectivity index (χ4n) is 2.18. The van der Waals surface area contributed by atoms with Crippen molar-refractivity contribution in [3.8, 4) is 0 Å². The minimum atomic E-state index is -0.614. The Hall–Kier alpha value is -0.530. The minimum absolute atomic E-state index is 0.418. The zero-order valence-electron chi connectivity index (χ0n) is 6.62. The zero-order chi connectivity index (χ0) is 7.84. The maximum absolute atomic E-state index is 10.3. The van der Waals surface area contributed by atoms with Crippen molar-refractivity contribution in [2.24, 2.45) is 17.8 Å². The first-order chi connectivity index (χ1) is 5.27. The van der Waals surface area contributed by atoms with Crippen LogP contribution in [0.2, 0.25) is 0 Å². The third kappa shape index (κ3) is 1.39. The van der Waals surface area contributed by atoms with E-state index in [-0.39, 0.29) is 0 Å². The maximum atomic E-state index is 10.3. The van der Waals surface area contributed by atoms with Crippen LogP contribution in [0.3, 0.4) is 0 Å². The lowest BCUT2D eigenvalue weighted by Crippen LogP contribution is -2.14. The molecule has 2 fully saturated rings. The molecule has 11 heavy (non-hydrogen) atoms. The fourth-order valence-corrected chi connectivity index (χ4v) is 2.18. The molecule has 0 spiro atoms. The monoisotopic (exact) mass is 154 g/mol. The van der Waals surface area contributed by atoms with Gasteiger partial charge in [-0.3, -0.25) is 4.79 Å². The lowest BCUT2D eigenvalue weighted by molar-refractivity contribution is -0.137. The van der Waals surface area contributed by atoms with E-state index in [2.05, 4.69) is 0 Å². The summed E-state index contributed by atoms with van der Waals surface area (Å²) in [5.74, 6) is 1.62. The molecule has 2 nitrogen and oxygen atoms in total. The Bertz CT molecular complexity index is 172. The van der Waals surface area contributed by atoms with Crippen LogP contribution in [0, 0.1) is 17.8 Å². The van der Waals surface area contributed by atoms with Gasteiger partial charge in [0.25, 0.3) is 0 Å². The first kappa shape index (κ1) is 7.14. The van der Waals surface area contributed by atoms with Crippen molar-refractivity contribution in [3.05, 3.63) is 0 Å². The van der Waals surface area contributed by atoms with E-state index < -0.39 is 5.97 Å². The Morgan fingerprint density at radius 1 is 1.45 bits per heavy atom. The third-order valence-electron chi connectivity index (χ3n) is 3.17. The van der Waals surface area contributed by atoms with Gasteiger partial charge in [-0.25, -0.2) is 0 Å². The first-order valence-electron chi connectivity index (χ1n) is 4.49. The molecule has 0 heterocycles. The van der Waals surface area contributed by atoms with Crippen LogP contribution < -0.4 is 0 Å². The Labute approximate surface area is 66.6 Å². The molecule has 2 unspecified atom stereocenters. The van der Waals surface area contributed by atoms with Gasteiger partial charge in [0, 0.05) is 6.42 Å². The quantitative estimate of drug-likeness (QED) is 0.674. The highest BCUT2D eigenvalue weighted by Gasteiger charge is 2.45. The molecule has 2 atom stereocenters. The lowest BCUT2D eigenvalue weighted by Gasteiger charge is -2.25. The highest BCUT2D eigenvalue weighted by Crippen LogP contribution is 2.52. The molecule has 0 aromatic heterocycles. The zero-order valence-corrected chi connectivity index (χ0v) is 6.62. The van der Waals surface area contributed by atoms with Crippen molar-refractivity contribution in [3.63, 3.8) is 0 Å². The summed E-state index contributed by atoms with van der Waals surface area (Å²) in [7, 11) is 0. The van der Waals surface area contributed by atoms with Crippen molar-refractivity contribution < 1.29 is 9.90 Å². The van der Waals surface area contributed by atoms with Gasteiger partial charge in [-0.2, -0.15) is 0 Å². The van der Waals surface area contributed by atoms with Gasteiger partial charge in [0.15, 0.2) is 0 Å². The molecule has 0 amide bonds. The van der Waals surface area contributed by atoms with Crippen LogP contribution in [0.4, 0.5) is 0 Å². The molecule has 0 aromatic rings. The summed E-state index contributed by atoms with van der Waals surface area (Å²) < 4.78 is 0. The van der Waals surface area contributed by atoms with E-state index in [0.29, 0.717) is 12.3 Å². The van der Waals surface area contributed by atoms with Gasteiger partial charge >= 0.3 is 5.97 Å². The van der Waals surface area contributed by atoms with Crippen molar-refractivity contribution in [2.45, 2.75) is 32.1 Å². The predicted molar refractivity (Wildman–Crippen MR) is 41.2 cm³/mol. The van der Waals surface area contributed by atoms with E-state index >= 15 is 0 Å². The molecule has 2 saturated carbocycles. The van der Waals surface area contributed by atoms with Gasteiger partial charge in [0.1, 0.15) is 0 Å². The van der Waals surface area contributed by atoms with Crippen molar-refractivity contribution in [2.75, 3.05) is 0 Å². The van der Waals surface area contributed by atoms with Crippen LogP contribution in [-0.2, 0) is 4.79 Å². The van der Waals surface area contributed by atoms with Gasteiger partial charge in [0.2, 0.25) is 0 Å². The largest absolute Gasteiger partial charge is 0.481 e. The number of carboxylic acids is 1. The van der Waals surface area contributed by atoms with Crippen molar-refractivity contribution in [1.82, 2.24) is 0 Å². The average Bonchev–Trinajstić information content (AvgIpc) is 2.40. The molecule has 0 saturated heterocycles. The predicted octanol–water partition coefficient (Wildman–Crippen LogP) is 1.90. The van der Waals surface area contributed by atoms with Crippen LogP contribution in [0.5, 0.6) is 0 Å². The Morgan fingerprint density at radius 3 is 2.64 bits per heavy atom. The van der Waals surface area contributed by atoms with Gasteiger partial charge in [-0.05, 0) is 24.2 Å². The molecule has 2 aliphatic rings. The van der Waals surface area contributed by atoms with Gasteiger partial charge < -0.3 is 5.11 Å². The Kier molecular flexibility index (Phi) is 1.63. The van der Waals surface area contributed by atoms with Crippen LogP contribution in [0.25, 0.3) is 0 Å². The molecule has 0 radical (unpaired) electrons. The summed E-state index contributed by atoms with van der Waals surface area (Å²) in [5.41, 5.74) is 0. The van der Waals surface area contributed by atoms with E-state index in [1.54, 1.807) is 0 Å². The third-order valence-corrected chi connectivity index (χ3v) is 3.17. The number of rotatable bonds is 3. The second kappa shape index (κ2) is 2.50.